The van der Waals surface area contributed by atoms with E-state index in [0.29, 0.717) is 6.61 Å². The largest absolute Gasteiger partial charge is 0.496 e. The Morgan fingerprint density at radius 3 is 2.46 bits per heavy atom. The maximum atomic E-state index is 11.6. The first-order valence-electron chi connectivity index (χ1n) is 9.32. The third kappa shape index (κ3) is 7.81. The molecule has 0 fully saturated rings. The first kappa shape index (κ1) is 23.8. The van der Waals surface area contributed by atoms with Gasteiger partial charge in [-0.25, -0.2) is 4.79 Å². The summed E-state index contributed by atoms with van der Waals surface area (Å²) >= 11 is 1.65. The molecule has 0 atom stereocenters. The Labute approximate surface area is 174 Å². The number of ether oxygens (including phenoxy) is 2. The fourth-order valence-electron chi connectivity index (χ4n) is 2.66. The standard InChI is InChI=1S/C24H32O3S/c1-17(9-8-10-18(2)15-24(25)27-13-14-28-7)11-12-22-19(3)16-23(26-6)21(5)20(22)4/h8-12,15-16H,13-14H2,1-7H3. The molecule has 0 bridgehead atoms. The molecule has 1 rings (SSSR count). The molecule has 0 spiro atoms. The zero-order valence-electron chi connectivity index (χ0n) is 18.1. The Morgan fingerprint density at radius 1 is 1.11 bits per heavy atom. The summed E-state index contributed by atoms with van der Waals surface area (Å²) in [5.41, 5.74) is 6.80. The lowest BCUT2D eigenvalue weighted by Crippen LogP contribution is -2.04. The Kier molecular flexibility index (Phi) is 10.5. The minimum Gasteiger partial charge on any atom is -0.496 e. The second kappa shape index (κ2) is 12.3. The second-order valence-corrected chi connectivity index (χ2v) is 7.70. The second-order valence-electron chi connectivity index (χ2n) is 6.71. The lowest BCUT2D eigenvalue weighted by atomic mass is 9.96. The van der Waals surface area contributed by atoms with Gasteiger partial charge in [-0.05, 0) is 74.8 Å². The Hall–Kier alpha value is -2.20. The summed E-state index contributed by atoms with van der Waals surface area (Å²) in [6.45, 7) is 10.7. The van der Waals surface area contributed by atoms with Crippen LogP contribution in [0.1, 0.15) is 36.1 Å². The SMILES string of the molecule is COc1cc(C)c(C=CC(C)=CC=CC(C)=CC(=O)OCCSC)c(C)c1C. The number of aryl methyl sites for hydroxylation is 1. The van der Waals surface area contributed by atoms with E-state index < -0.39 is 0 Å². The lowest BCUT2D eigenvalue weighted by molar-refractivity contribution is -0.137. The van der Waals surface area contributed by atoms with Crippen molar-refractivity contribution >= 4 is 23.8 Å². The van der Waals surface area contributed by atoms with Gasteiger partial charge < -0.3 is 9.47 Å². The van der Waals surface area contributed by atoms with Crippen molar-refractivity contribution < 1.29 is 14.3 Å². The Bertz CT molecular complexity index is 799. The molecule has 4 heteroatoms. The molecule has 0 saturated carbocycles. The number of benzene rings is 1. The first-order valence-corrected chi connectivity index (χ1v) is 10.7. The van der Waals surface area contributed by atoms with Crippen molar-refractivity contribution in [1.29, 1.82) is 0 Å². The third-order valence-electron chi connectivity index (χ3n) is 4.44. The molecule has 0 aromatic heterocycles. The predicted molar refractivity (Wildman–Crippen MR) is 122 cm³/mol. The zero-order chi connectivity index (χ0) is 21.1. The number of esters is 1. The van der Waals surface area contributed by atoms with E-state index >= 15 is 0 Å². The Morgan fingerprint density at radius 2 is 1.82 bits per heavy atom. The summed E-state index contributed by atoms with van der Waals surface area (Å²) in [6.07, 6.45) is 13.6. The minimum absolute atomic E-state index is 0.294. The molecule has 1 aromatic rings. The summed E-state index contributed by atoms with van der Waals surface area (Å²) in [5, 5.41) is 0. The summed E-state index contributed by atoms with van der Waals surface area (Å²) in [4.78, 5) is 11.6. The van der Waals surface area contributed by atoms with Crippen LogP contribution in [-0.2, 0) is 9.53 Å². The highest BCUT2D eigenvalue weighted by Gasteiger charge is 2.08. The smallest absolute Gasteiger partial charge is 0.331 e. The van der Waals surface area contributed by atoms with Gasteiger partial charge in [-0.2, -0.15) is 11.8 Å². The Balaban J connectivity index is 2.79. The molecule has 0 amide bonds. The summed E-state index contributed by atoms with van der Waals surface area (Å²) in [5.74, 6) is 1.45. The molecule has 0 aliphatic rings. The van der Waals surface area contributed by atoms with Gasteiger partial charge in [-0.15, -0.1) is 0 Å². The summed E-state index contributed by atoms with van der Waals surface area (Å²) in [6, 6.07) is 2.08. The highest BCUT2D eigenvalue weighted by Crippen LogP contribution is 2.28. The van der Waals surface area contributed by atoms with Gasteiger partial charge in [0.1, 0.15) is 12.4 Å². The van der Waals surface area contributed by atoms with Gasteiger partial charge in [0.25, 0.3) is 0 Å². The molecule has 0 radical (unpaired) electrons. The van der Waals surface area contributed by atoms with Crippen molar-refractivity contribution in [3.8, 4) is 5.75 Å². The van der Waals surface area contributed by atoms with Gasteiger partial charge in [0.15, 0.2) is 0 Å². The number of carbonyl (C=O) groups excluding carboxylic acids is 1. The van der Waals surface area contributed by atoms with Crippen molar-refractivity contribution in [2.45, 2.75) is 34.6 Å². The van der Waals surface area contributed by atoms with Crippen LogP contribution < -0.4 is 4.74 Å². The van der Waals surface area contributed by atoms with Crippen LogP contribution in [0, 0.1) is 20.8 Å². The van der Waals surface area contributed by atoms with Crippen molar-refractivity contribution in [1.82, 2.24) is 0 Å². The van der Waals surface area contributed by atoms with E-state index in [1.165, 1.54) is 28.3 Å². The first-order chi connectivity index (χ1) is 13.3. The van der Waals surface area contributed by atoms with Crippen LogP contribution in [0.5, 0.6) is 5.75 Å². The highest BCUT2D eigenvalue weighted by molar-refractivity contribution is 7.98. The molecule has 0 N–H and O–H groups in total. The van der Waals surface area contributed by atoms with Crippen LogP contribution in [0.15, 0.2) is 47.6 Å². The van der Waals surface area contributed by atoms with E-state index in [1.807, 2.05) is 31.4 Å². The fraction of sp³-hybridized carbons (Fsp3) is 0.375. The number of hydrogen-bond donors (Lipinski definition) is 0. The van der Waals surface area contributed by atoms with Crippen LogP contribution >= 0.6 is 11.8 Å². The maximum Gasteiger partial charge on any atom is 0.331 e. The molecule has 3 nitrogen and oxygen atoms in total. The number of methoxy groups -OCH3 is 1. The number of hydrogen-bond acceptors (Lipinski definition) is 4. The minimum atomic E-state index is -0.294. The average Bonchev–Trinajstić information content (AvgIpc) is 2.64. The van der Waals surface area contributed by atoms with Crippen molar-refractivity contribution in [3.63, 3.8) is 0 Å². The zero-order valence-corrected chi connectivity index (χ0v) is 18.9. The number of rotatable bonds is 9. The van der Waals surface area contributed by atoms with E-state index in [-0.39, 0.29) is 5.97 Å². The molecule has 0 saturated heterocycles. The average molecular weight is 401 g/mol. The van der Waals surface area contributed by atoms with Crippen LogP contribution in [0.4, 0.5) is 0 Å². The van der Waals surface area contributed by atoms with Crippen molar-refractivity contribution in [2.24, 2.45) is 0 Å². The molecule has 0 aliphatic heterocycles. The number of carbonyl (C=O) groups is 1. The normalized spacial score (nSPS) is 12.8. The van der Waals surface area contributed by atoms with Crippen LogP contribution in [-0.4, -0.2) is 31.7 Å². The van der Waals surface area contributed by atoms with Gasteiger partial charge >= 0.3 is 5.97 Å². The molecule has 0 aliphatic carbocycles. The fourth-order valence-corrected chi connectivity index (χ4v) is 2.91. The lowest BCUT2D eigenvalue weighted by Gasteiger charge is -2.13. The van der Waals surface area contributed by atoms with Crippen LogP contribution in [0.3, 0.4) is 0 Å². The molecule has 0 unspecified atom stereocenters. The summed E-state index contributed by atoms with van der Waals surface area (Å²) in [7, 11) is 1.70. The third-order valence-corrected chi connectivity index (χ3v) is 5.01. The topological polar surface area (TPSA) is 35.5 Å². The quantitative estimate of drug-likeness (QED) is 0.221. The van der Waals surface area contributed by atoms with E-state index in [0.717, 1.165) is 22.6 Å². The van der Waals surface area contributed by atoms with E-state index in [1.54, 1.807) is 18.9 Å². The molecule has 1 aromatic carbocycles. The van der Waals surface area contributed by atoms with E-state index in [2.05, 4.69) is 45.9 Å². The maximum absolute atomic E-state index is 11.6. The molecule has 152 valence electrons. The van der Waals surface area contributed by atoms with Gasteiger partial charge in [0, 0.05) is 11.8 Å². The van der Waals surface area contributed by atoms with Crippen molar-refractivity contribution in [3.05, 3.63) is 69.8 Å². The van der Waals surface area contributed by atoms with Crippen LogP contribution in [0.2, 0.25) is 0 Å². The van der Waals surface area contributed by atoms with Crippen molar-refractivity contribution in [2.75, 3.05) is 25.7 Å². The predicted octanol–water partition coefficient (Wildman–Crippen LogP) is 5.99. The monoisotopic (exact) mass is 400 g/mol. The van der Waals surface area contributed by atoms with Gasteiger partial charge in [0.05, 0.1) is 7.11 Å². The number of allylic oxidation sites excluding steroid dienone is 6. The van der Waals surface area contributed by atoms with Gasteiger partial charge in [-0.1, -0.05) is 36.0 Å². The van der Waals surface area contributed by atoms with Gasteiger partial charge in [-0.3, -0.25) is 0 Å². The number of thioether (sulfide) groups is 1. The van der Waals surface area contributed by atoms with Crippen LogP contribution in [0.25, 0.3) is 6.08 Å². The van der Waals surface area contributed by atoms with Gasteiger partial charge in [0.2, 0.25) is 0 Å². The summed E-state index contributed by atoms with van der Waals surface area (Å²) < 4.78 is 10.5. The molecule has 0 heterocycles. The highest BCUT2D eigenvalue weighted by atomic mass is 32.2. The molecular weight excluding hydrogens is 368 g/mol. The molecular formula is C24H32O3S. The van der Waals surface area contributed by atoms with E-state index in [9.17, 15) is 4.79 Å². The van der Waals surface area contributed by atoms with E-state index in [4.69, 9.17) is 9.47 Å². The molecule has 28 heavy (non-hydrogen) atoms.